The molecule has 0 aliphatic rings. The number of hydrogen-bond donors (Lipinski definition) is 2. The first-order valence-electron chi connectivity index (χ1n) is 9.43. The van der Waals surface area contributed by atoms with Crippen LogP contribution in [-0.2, 0) is 4.79 Å². The van der Waals surface area contributed by atoms with E-state index in [9.17, 15) is 9.59 Å². The predicted molar refractivity (Wildman–Crippen MR) is 115 cm³/mol. The zero-order chi connectivity index (χ0) is 20.8. The number of carbonyl (C=O) groups is 2. The molecule has 0 aliphatic carbocycles. The number of anilines is 2. The van der Waals surface area contributed by atoms with E-state index in [4.69, 9.17) is 4.74 Å². The quantitative estimate of drug-likeness (QED) is 0.627. The highest BCUT2D eigenvalue weighted by atomic mass is 16.5. The van der Waals surface area contributed by atoms with E-state index in [0.29, 0.717) is 11.3 Å². The van der Waals surface area contributed by atoms with Crippen LogP contribution in [0.5, 0.6) is 5.75 Å². The molecule has 0 saturated carbocycles. The van der Waals surface area contributed by atoms with Gasteiger partial charge in [0.15, 0.2) is 6.10 Å². The van der Waals surface area contributed by atoms with Crippen molar-refractivity contribution in [1.29, 1.82) is 0 Å². The summed E-state index contributed by atoms with van der Waals surface area (Å²) in [5.41, 5.74) is 4.12. The van der Waals surface area contributed by atoms with Crippen LogP contribution in [0.2, 0.25) is 0 Å². The average Bonchev–Trinajstić information content (AvgIpc) is 2.72. The molecule has 148 valence electrons. The van der Waals surface area contributed by atoms with Crippen LogP contribution in [-0.4, -0.2) is 17.9 Å². The minimum Gasteiger partial charge on any atom is -0.481 e. The summed E-state index contributed by atoms with van der Waals surface area (Å²) in [6.45, 7) is 5.61. The van der Waals surface area contributed by atoms with Gasteiger partial charge in [-0.25, -0.2) is 0 Å². The molecule has 2 N–H and O–H groups in total. The molecule has 0 radical (unpaired) electrons. The lowest BCUT2D eigenvalue weighted by Crippen LogP contribution is -2.30. The molecule has 3 aromatic carbocycles. The summed E-state index contributed by atoms with van der Waals surface area (Å²) in [5.74, 6) is 0.0792. The van der Waals surface area contributed by atoms with Gasteiger partial charge in [-0.2, -0.15) is 0 Å². The van der Waals surface area contributed by atoms with Crippen LogP contribution in [0, 0.1) is 13.8 Å². The Hall–Kier alpha value is -3.60. The topological polar surface area (TPSA) is 67.4 Å². The van der Waals surface area contributed by atoms with Gasteiger partial charge in [-0.15, -0.1) is 0 Å². The molecular formula is C24H24N2O3. The molecule has 0 bridgehead atoms. The lowest BCUT2D eigenvalue weighted by molar-refractivity contribution is -0.122. The zero-order valence-electron chi connectivity index (χ0n) is 16.7. The molecule has 0 aromatic heterocycles. The van der Waals surface area contributed by atoms with E-state index < -0.39 is 6.10 Å². The van der Waals surface area contributed by atoms with Gasteiger partial charge in [-0.3, -0.25) is 9.59 Å². The molecule has 0 heterocycles. The standard InChI is InChI=1S/C24H24N2O3/c1-16-8-12-20(13-9-16)25-24(28)19-10-14-21(15-11-19)29-18(3)23(27)26-22-7-5-4-6-17(22)2/h4-15,18H,1-3H3,(H,25,28)(H,26,27)/t18-/m0/s1. The molecule has 0 spiro atoms. The molecule has 3 aromatic rings. The molecule has 5 nitrogen and oxygen atoms in total. The van der Waals surface area contributed by atoms with Gasteiger partial charge in [0.1, 0.15) is 5.75 Å². The van der Waals surface area contributed by atoms with Crippen LogP contribution in [0.1, 0.15) is 28.4 Å². The van der Waals surface area contributed by atoms with Gasteiger partial charge >= 0.3 is 0 Å². The highest BCUT2D eigenvalue weighted by Crippen LogP contribution is 2.18. The summed E-state index contributed by atoms with van der Waals surface area (Å²) in [7, 11) is 0. The number of carbonyl (C=O) groups excluding carboxylic acids is 2. The molecule has 0 fully saturated rings. The van der Waals surface area contributed by atoms with Gasteiger partial charge < -0.3 is 15.4 Å². The highest BCUT2D eigenvalue weighted by Gasteiger charge is 2.16. The summed E-state index contributed by atoms with van der Waals surface area (Å²) in [6, 6.07) is 21.9. The first-order valence-corrected chi connectivity index (χ1v) is 9.43. The minimum atomic E-state index is -0.679. The van der Waals surface area contributed by atoms with Gasteiger partial charge in [-0.1, -0.05) is 35.9 Å². The summed E-state index contributed by atoms with van der Waals surface area (Å²) in [6.07, 6.45) is -0.679. The number of nitrogens with one attached hydrogen (secondary N) is 2. The molecule has 0 aliphatic heterocycles. The second-order valence-corrected chi connectivity index (χ2v) is 6.91. The number of aryl methyl sites for hydroxylation is 2. The number of hydrogen-bond acceptors (Lipinski definition) is 3. The Morgan fingerprint density at radius 3 is 2.14 bits per heavy atom. The first kappa shape index (κ1) is 20.1. The number of benzene rings is 3. The molecule has 0 saturated heterocycles. The average molecular weight is 388 g/mol. The van der Waals surface area contributed by atoms with Crippen molar-refractivity contribution in [1.82, 2.24) is 0 Å². The number of rotatable bonds is 6. The summed E-state index contributed by atoms with van der Waals surface area (Å²) < 4.78 is 5.71. The Bertz CT molecular complexity index is 995. The molecular weight excluding hydrogens is 364 g/mol. The SMILES string of the molecule is Cc1ccc(NC(=O)c2ccc(O[C@@H](C)C(=O)Nc3ccccc3C)cc2)cc1. The van der Waals surface area contributed by atoms with E-state index in [-0.39, 0.29) is 11.8 Å². The van der Waals surface area contributed by atoms with Gasteiger partial charge in [0.05, 0.1) is 0 Å². The third-order valence-corrected chi connectivity index (χ3v) is 4.51. The predicted octanol–water partition coefficient (Wildman–Crippen LogP) is 4.96. The van der Waals surface area contributed by atoms with Gasteiger partial charge in [0.25, 0.3) is 11.8 Å². The Balaban J connectivity index is 1.58. The molecule has 1 atom stereocenters. The van der Waals surface area contributed by atoms with E-state index in [0.717, 1.165) is 22.5 Å². The van der Waals surface area contributed by atoms with Crippen LogP contribution in [0.3, 0.4) is 0 Å². The Morgan fingerprint density at radius 1 is 0.828 bits per heavy atom. The Morgan fingerprint density at radius 2 is 1.48 bits per heavy atom. The maximum atomic E-state index is 12.4. The maximum absolute atomic E-state index is 12.4. The summed E-state index contributed by atoms with van der Waals surface area (Å²) in [4.78, 5) is 24.7. The van der Waals surface area contributed by atoms with Gasteiger partial charge in [-0.05, 0) is 68.8 Å². The van der Waals surface area contributed by atoms with E-state index in [1.54, 1.807) is 31.2 Å². The zero-order valence-corrected chi connectivity index (χ0v) is 16.7. The Labute approximate surface area is 170 Å². The fraction of sp³-hybridized carbons (Fsp3) is 0.167. The van der Waals surface area contributed by atoms with Gasteiger partial charge in [0, 0.05) is 16.9 Å². The van der Waals surface area contributed by atoms with Crippen molar-refractivity contribution in [2.45, 2.75) is 26.9 Å². The molecule has 0 unspecified atom stereocenters. The van der Waals surface area contributed by atoms with Crippen LogP contribution >= 0.6 is 0 Å². The number of amides is 2. The maximum Gasteiger partial charge on any atom is 0.265 e. The highest BCUT2D eigenvalue weighted by molar-refractivity contribution is 6.04. The minimum absolute atomic E-state index is 0.203. The van der Waals surface area contributed by atoms with Crippen LogP contribution in [0.4, 0.5) is 11.4 Å². The van der Waals surface area contributed by atoms with Crippen molar-refractivity contribution in [3.8, 4) is 5.75 Å². The summed E-state index contributed by atoms with van der Waals surface area (Å²) >= 11 is 0. The van der Waals surface area contributed by atoms with Crippen molar-refractivity contribution in [3.05, 3.63) is 89.5 Å². The second-order valence-electron chi connectivity index (χ2n) is 6.91. The van der Waals surface area contributed by atoms with E-state index >= 15 is 0 Å². The second kappa shape index (κ2) is 9.06. The largest absolute Gasteiger partial charge is 0.481 e. The fourth-order valence-corrected chi connectivity index (χ4v) is 2.73. The van der Waals surface area contributed by atoms with E-state index in [1.807, 2.05) is 62.4 Å². The third-order valence-electron chi connectivity index (χ3n) is 4.51. The first-order chi connectivity index (χ1) is 13.9. The van der Waals surface area contributed by atoms with Crippen molar-refractivity contribution >= 4 is 23.2 Å². The fourth-order valence-electron chi connectivity index (χ4n) is 2.73. The van der Waals surface area contributed by atoms with Crippen molar-refractivity contribution in [2.75, 3.05) is 10.6 Å². The molecule has 3 rings (SSSR count). The summed E-state index contributed by atoms with van der Waals surface area (Å²) in [5, 5.41) is 5.72. The number of ether oxygens (including phenoxy) is 1. The van der Waals surface area contributed by atoms with Crippen molar-refractivity contribution in [3.63, 3.8) is 0 Å². The monoisotopic (exact) mass is 388 g/mol. The van der Waals surface area contributed by atoms with E-state index in [2.05, 4.69) is 10.6 Å². The van der Waals surface area contributed by atoms with E-state index in [1.165, 1.54) is 0 Å². The Kier molecular flexibility index (Phi) is 6.29. The van der Waals surface area contributed by atoms with Crippen molar-refractivity contribution < 1.29 is 14.3 Å². The lowest BCUT2D eigenvalue weighted by atomic mass is 10.2. The number of para-hydroxylation sites is 1. The smallest absolute Gasteiger partial charge is 0.265 e. The lowest BCUT2D eigenvalue weighted by Gasteiger charge is -2.16. The van der Waals surface area contributed by atoms with Crippen LogP contribution in [0.15, 0.2) is 72.8 Å². The van der Waals surface area contributed by atoms with Crippen LogP contribution < -0.4 is 15.4 Å². The van der Waals surface area contributed by atoms with Gasteiger partial charge in [0.2, 0.25) is 0 Å². The molecule has 29 heavy (non-hydrogen) atoms. The molecule has 5 heteroatoms. The van der Waals surface area contributed by atoms with Crippen LogP contribution in [0.25, 0.3) is 0 Å². The molecule has 2 amide bonds. The third kappa shape index (κ3) is 5.45. The van der Waals surface area contributed by atoms with Crippen molar-refractivity contribution in [2.24, 2.45) is 0 Å². The normalized spacial score (nSPS) is 11.4.